The maximum atomic E-state index is 15.5. The van der Waals surface area contributed by atoms with Crippen LogP contribution in [-0.4, -0.2) is 13.7 Å². The Balaban J connectivity index is 1.51. The molecule has 7 aromatic carbocycles. The summed E-state index contributed by atoms with van der Waals surface area (Å²) in [5.74, 6) is 0. The Labute approximate surface area is 269 Å². The van der Waals surface area contributed by atoms with Crippen molar-refractivity contribution in [2.45, 2.75) is 0 Å². The maximum absolute atomic E-state index is 15.5. The summed E-state index contributed by atoms with van der Waals surface area (Å²) < 4.78 is 6.52. The molecular formula is C43H27N3O. The molecule has 0 N–H and O–H groups in total. The summed E-state index contributed by atoms with van der Waals surface area (Å²) in [6.45, 7) is 0. The van der Waals surface area contributed by atoms with Gasteiger partial charge in [0, 0.05) is 44.0 Å². The van der Waals surface area contributed by atoms with Crippen molar-refractivity contribution in [3.8, 4) is 17.1 Å². The van der Waals surface area contributed by atoms with Crippen LogP contribution in [0.3, 0.4) is 0 Å². The van der Waals surface area contributed by atoms with Crippen LogP contribution < -0.4 is 5.56 Å². The summed E-state index contributed by atoms with van der Waals surface area (Å²) in [5.41, 5.74) is 7.89. The Bertz CT molecular complexity index is 2900. The van der Waals surface area contributed by atoms with Gasteiger partial charge in [-0.05, 0) is 53.9 Å². The summed E-state index contributed by atoms with van der Waals surface area (Å²) in [6, 6.07) is 56.7. The van der Waals surface area contributed by atoms with E-state index in [1.165, 1.54) is 0 Å². The zero-order valence-electron chi connectivity index (χ0n) is 25.3. The third-order valence-electron chi connectivity index (χ3n) is 9.62. The third-order valence-corrected chi connectivity index (χ3v) is 9.62. The van der Waals surface area contributed by atoms with Crippen LogP contribution in [0.5, 0.6) is 0 Å². The molecule has 0 spiro atoms. The van der Waals surface area contributed by atoms with Gasteiger partial charge in [0.05, 0.1) is 33.0 Å². The second-order valence-electron chi connectivity index (χ2n) is 12.1. The van der Waals surface area contributed by atoms with Gasteiger partial charge >= 0.3 is 0 Å². The van der Waals surface area contributed by atoms with Crippen LogP contribution in [0.1, 0.15) is 0 Å². The van der Waals surface area contributed by atoms with Gasteiger partial charge in [-0.15, -0.1) is 0 Å². The first-order chi connectivity index (χ1) is 23.3. The van der Waals surface area contributed by atoms with Crippen LogP contribution in [-0.2, 0) is 0 Å². The second kappa shape index (κ2) is 9.80. The van der Waals surface area contributed by atoms with Crippen molar-refractivity contribution < 1.29 is 0 Å². The number of benzene rings is 7. The Kier molecular flexibility index (Phi) is 5.40. The van der Waals surface area contributed by atoms with Crippen molar-refractivity contribution in [1.29, 1.82) is 0 Å². The van der Waals surface area contributed by atoms with Crippen LogP contribution >= 0.6 is 0 Å². The van der Waals surface area contributed by atoms with Crippen LogP contribution in [0.2, 0.25) is 0 Å². The molecule has 4 heteroatoms. The van der Waals surface area contributed by atoms with E-state index in [2.05, 4.69) is 130 Å². The number of fused-ring (bicyclic) bond motifs is 11. The van der Waals surface area contributed by atoms with E-state index in [-0.39, 0.29) is 5.56 Å². The van der Waals surface area contributed by atoms with Crippen molar-refractivity contribution in [2.75, 3.05) is 0 Å². The van der Waals surface area contributed by atoms with E-state index in [0.717, 1.165) is 77.0 Å². The molecule has 0 atom stereocenters. The second-order valence-corrected chi connectivity index (χ2v) is 12.1. The molecule has 0 aliphatic rings. The van der Waals surface area contributed by atoms with Gasteiger partial charge in [0.25, 0.3) is 5.56 Å². The Morgan fingerprint density at radius 3 is 1.19 bits per heavy atom. The van der Waals surface area contributed by atoms with Crippen molar-refractivity contribution in [2.24, 2.45) is 0 Å². The number of para-hydroxylation sites is 5. The van der Waals surface area contributed by atoms with Crippen LogP contribution in [0.15, 0.2) is 169 Å². The number of pyridine rings is 1. The third kappa shape index (κ3) is 3.55. The van der Waals surface area contributed by atoms with Gasteiger partial charge in [-0.1, -0.05) is 115 Å². The summed E-state index contributed by atoms with van der Waals surface area (Å²) in [4.78, 5) is 15.5. The first-order valence-electron chi connectivity index (χ1n) is 15.9. The van der Waals surface area contributed by atoms with E-state index in [0.29, 0.717) is 5.39 Å². The van der Waals surface area contributed by atoms with Gasteiger partial charge in [-0.2, -0.15) is 0 Å². The molecule has 3 aromatic heterocycles. The fraction of sp³-hybridized carbons (Fsp3) is 0. The fourth-order valence-corrected chi connectivity index (χ4v) is 7.71. The van der Waals surface area contributed by atoms with Crippen LogP contribution in [0.25, 0.3) is 82.3 Å². The minimum absolute atomic E-state index is 0.0401. The number of hydrogen-bond acceptors (Lipinski definition) is 1. The zero-order chi connectivity index (χ0) is 31.1. The molecule has 4 nitrogen and oxygen atoms in total. The van der Waals surface area contributed by atoms with Gasteiger partial charge in [0.15, 0.2) is 0 Å². The lowest BCUT2D eigenvalue weighted by Gasteiger charge is -2.18. The highest BCUT2D eigenvalue weighted by atomic mass is 16.1. The van der Waals surface area contributed by atoms with Crippen molar-refractivity contribution in [1.82, 2.24) is 13.7 Å². The smallest absolute Gasteiger partial charge is 0.265 e. The number of rotatable bonds is 3. The Morgan fingerprint density at radius 1 is 0.298 bits per heavy atom. The van der Waals surface area contributed by atoms with E-state index >= 15 is 4.79 Å². The van der Waals surface area contributed by atoms with E-state index in [4.69, 9.17) is 0 Å². The summed E-state index contributed by atoms with van der Waals surface area (Å²) in [7, 11) is 0. The SMILES string of the molecule is O=c1c2c(ccc3c4ccccc4n(-c4ccccc4)c32)c2ccc3c4ccccc4n(-c4ccccc4)c3c2n1-c1ccccc1. The molecule has 0 saturated heterocycles. The van der Waals surface area contributed by atoms with Crippen molar-refractivity contribution >= 4 is 65.3 Å². The van der Waals surface area contributed by atoms with Gasteiger partial charge < -0.3 is 9.13 Å². The van der Waals surface area contributed by atoms with Crippen molar-refractivity contribution in [3.05, 3.63) is 174 Å². The highest BCUT2D eigenvalue weighted by molar-refractivity contribution is 6.26. The van der Waals surface area contributed by atoms with E-state index in [9.17, 15) is 0 Å². The standard InChI is InChI=1S/C43H27N3O/c47-43-39-33(24-25-34-31-20-10-12-22-37(31)44(40(34)39)28-14-4-1-5-15-28)36-27-26-35-32-21-11-13-23-38(32)45(29-16-6-2-7-17-29)41(35)42(36)46(43)30-18-8-3-9-19-30/h1-27H. The molecule has 10 rings (SSSR count). The molecule has 0 saturated carbocycles. The quantitative estimate of drug-likeness (QED) is 0.185. The molecule has 10 aromatic rings. The van der Waals surface area contributed by atoms with E-state index < -0.39 is 0 Å². The maximum Gasteiger partial charge on any atom is 0.265 e. The number of aromatic nitrogens is 3. The van der Waals surface area contributed by atoms with Crippen LogP contribution in [0, 0.1) is 0 Å². The molecule has 0 radical (unpaired) electrons. The highest BCUT2D eigenvalue weighted by Crippen LogP contribution is 2.41. The van der Waals surface area contributed by atoms with Gasteiger partial charge in [-0.25, -0.2) is 0 Å². The molecular weight excluding hydrogens is 574 g/mol. The molecule has 47 heavy (non-hydrogen) atoms. The lowest BCUT2D eigenvalue weighted by atomic mass is 10.0. The topological polar surface area (TPSA) is 31.9 Å². The van der Waals surface area contributed by atoms with Crippen LogP contribution in [0.4, 0.5) is 0 Å². The van der Waals surface area contributed by atoms with Gasteiger partial charge in [0.2, 0.25) is 0 Å². The average Bonchev–Trinajstić information content (AvgIpc) is 3.66. The fourth-order valence-electron chi connectivity index (χ4n) is 7.71. The molecule has 0 aliphatic carbocycles. The monoisotopic (exact) mass is 601 g/mol. The first kappa shape index (κ1) is 25.9. The van der Waals surface area contributed by atoms with E-state index in [1.54, 1.807) is 0 Å². The molecule has 220 valence electrons. The minimum Gasteiger partial charge on any atom is -0.308 e. The molecule has 3 heterocycles. The van der Waals surface area contributed by atoms with Gasteiger partial charge in [0.1, 0.15) is 0 Å². The molecule has 0 bridgehead atoms. The average molecular weight is 602 g/mol. The molecule has 0 amide bonds. The zero-order valence-corrected chi connectivity index (χ0v) is 25.3. The van der Waals surface area contributed by atoms with Crippen molar-refractivity contribution in [3.63, 3.8) is 0 Å². The predicted molar refractivity (Wildman–Crippen MR) is 196 cm³/mol. The molecule has 0 unspecified atom stereocenters. The Morgan fingerprint density at radius 2 is 0.660 bits per heavy atom. The lowest BCUT2D eigenvalue weighted by Crippen LogP contribution is -2.20. The first-order valence-corrected chi connectivity index (χ1v) is 15.9. The largest absolute Gasteiger partial charge is 0.308 e. The van der Waals surface area contributed by atoms with Gasteiger partial charge in [-0.3, -0.25) is 9.36 Å². The minimum atomic E-state index is -0.0401. The highest BCUT2D eigenvalue weighted by Gasteiger charge is 2.24. The molecule has 0 fully saturated rings. The molecule has 0 aliphatic heterocycles. The summed E-state index contributed by atoms with van der Waals surface area (Å²) in [5, 5.41) is 7.13. The number of nitrogens with zero attached hydrogens (tertiary/aromatic N) is 3. The Hall–Kier alpha value is -6.39. The predicted octanol–water partition coefficient (Wildman–Crippen LogP) is 10.3. The normalized spacial score (nSPS) is 11.9. The van der Waals surface area contributed by atoms with E-state index in [1.807, 2.05) is 47.0 Å². The number of hydrogen-bond donors (Lipinski definition) is 0. The summed E-state index contributed by atoms with van der Waals surface area (Å²) >= 11 is 0. The lowest BCUT2D eigenvalue weighted by molar-refractivity contribution is 1.06. The summed E-state index contributed by atoms with van der Waals surface area (Å²) in [6.07, 6.45) is 0.